The van der Waals surface area contributed by atoms with Gasteiger partial charge in [-0.15, -0.1) is 11.6 Å². The third-order valence-electron chi connectivity index (χ3n) is 2.83. The van der Waals surface area contributed by atoms with Crippen LogP contribution in [0.25, 0.3) is 0 Å². The number of rotatable bonds is 4. The normalized spacial score (nSPS) is 10.3. The fourth-order valence-electron chi connectivity index (χ4n) is 1.69. The van der Waals surface area contributed by atoms with Crippen LogP contribution in [-0.2, 0) is 5.88 Å². The summed E-state index contributed by atoms with van der Waals surface area (Å²) in [7, 11) is 3.59. The Bertz CT molecular complexity index is 558. The van der Waals surface area contributed by atoms with E-state index >= 15 is 0 Å². The number of benzene rings is 1. The summed E-state index contributed by atoms with van der Waals surface area (Å²) in [6.07, 6.45) is 0. The maximum absolute atomic E-state index is 6.00. The first-order chi connectivity index (χ1) is 9.15. The van der Waals surface area contributed by atoms with Gasteiger partial charge in [0.25, 0.3) is 0 Å². The highest BCUT2D eigenvalue weighted by Crippen LogP contribution is 2.26. The van der Waals surface area contributed by atoms with Crippen molar-refractivity contribution in [2.45, 2.75) is 5.88 Å². The van der Waals surface area contributed by atoms with Crippen molar-refractivity contribution in [3.05, 3.63) is 47.1 Å². The third-order valence-corrected chi connectivity index (χ3v) is 3.43. The maximum Gasteiger partial charge on any atom is 0.133 e. The van der Waals surface area contributed by atoms with Crippen molar-refractivity contribution in [2.24, 2.45) is 0 Å². The molecule has 0 spiro atoms. The van der Waals surface area contributed by atoms with Gasteiger partial charge in [0.1, 0.15) is 11.6 Å². The lowest BCUT2D eigenvalue weighted by Crippen LogP contribution is -2.11. The van der Waals surface area contributed by atoms with E-state index in [1.807, 2.05) is 48.3 Å². The second-order valence-electron chi connectivity index (χ2n) is 3.99. The molecule has 0 atom stereocenters. The zero-order valence-electron chi connectivity index (χ0n) is 10.7. The summed E-state index contributed by atoms with van der Waals surface area (Å²) < 4.78 is 5.14. The average molecular weight is 297 g/mol. The SMILES string of the molecule is COc1ccc(N(C)c2ccc(Cl)c(CCl)n2)cc1. The molecule has 0 bridgehead atoms. The van der Waals surface area contributed by atoms with Crippen molar-refractivity contribution in [3.8, 4) is 5.75 Å². The number of ether oxygens (including phenoxy) is 1. The Kier molecular flexibility index (Phi) is 4.51. The minimum Gasteiger partial charge on any atom is -0.497 e. The van der Waals surface area contributed by atoms with Crippen LogP contribution in [0.15, 0.2) is 36.4 Å². The van der Waals surface area contributed by atoms with Gasteiger partial charge in [0.2, 0.25) is 0 Å². The molecule has 1 aromatic heterocycles. The van der Waals surface area contributed by atoms with Crippen LogP contribution in [0.5, 0.6) is 5.75 Å². The van der Waals surface area contributed by atoms with Gasteiger partial charge >= 0.3 is 0 Å². The van der Waals surface area contributed by atoms with E-state index in [0.717, 1.165) is 17.3 Å². The van der Waals surface area contributed by atoms with Crippen LogP contribution < -0.4 is 9.64 Å². The molecule has 100 valence electrons. The predicted octanol–water partition coefficient (Wildman–Crippen LogP) is 4.25. The second-order valence-corrected chi connectivity index (χ2v) is 4.66. The lowest BCUT2D eigenvalue weighted by atomic mass is 10.2. The van der Waals surface area contributed by atoms with Crippen LogP contribution in [-0.4, -0.2) is 19.1 Å². The van der Waals surface area contributed by atoms with Gasteiger partial charge in [0.05, 0.1) is 23.7 Å². The maximum atomic E-state index is 6.00. The highest BCUT2D eigenvalue weighted by atomic mass is 35.5. The highest BCUT2D eigenvalue weighted by molar-refractivity contribution is 6.32. The van der Waals surface area contributed by atoms with Crippen molar-refractivity contribution in [1.82, 2.24) is 4.98 Å². The number of alkyl halides is 1. The van der Waals surface area contributed by atoms with Crippen molar-refractivity contribution >= 4 is 34.7 Å². The second kappa shape index (κ2) is 6.13. The molecule has 1 aromatic carbocycles. The zero-order valence-corrected chi connectivity index (χ0v) is 12.2. The van der Waals surface area contributed by atoms with Crippen molar-refractivity contribution in [2.75, 3.05) is 19.1 Å². The average Bonchev–Trinajstić information content (AvgIpc) is 2.47. The summed E-state index contributed by atoms with van der Waals surface area (Å²) in [5.74, 6) is 1.91. The summed E-state index contributed by atoms with van der Waals surface area (Å²) in [4.78, 5) is 6.40. The van der Waals surface area contributed by atoms with Gasteiger partial charge in [-0.1, -0.05) is 11.6 Å². The molecule has 0 radical (unpaired) electrons. The van der Waals surface area contributed by atoms with Crippen LogP contribution in [0.2, 0.25) is 5.02 Å². The molecule has 3 nitrogen and oxygen atoms in total. The van der Waals surface area contributed by atoms with Gasteiger partial charge in [-0.2, -0.15) is 0 Å². The molecule has 0 fully saturated rings. The molecule has 2 aromatic rings. The largest absolute Gasteiger partial charge is 0.497 e. The monoisotopic (exact) mass is 296 g/mol. The van der Waals surface area contributed by atoms with E-state index in [9.17, 15) is 0 Å². The summed E-state index contributed by atoms with van der Waals surface area (Å²) in [6, 6.07) is 11.4. The lowest BCUT2D eigenvalue weighted by molar-refractivity contribution is 0.415. The van der Waals surface area contributed by atoms with Gasteiger partial charge in [-0.25, -0.2) is 4.98 Å². The molecule has 2 rings (SSSR count). The molecule has 5 heteroatoms. The fourth-order valence-corrected chi connectivity index (χ4v) is 2.14. The van der Waals surface area contributed by atoms with Crippen LogP contribution >= 0.6 is 23.2 Å². The Morgan fingerprint density at radius 1 is 1.16 bits per heavy atom. The van der Waals surface area contributed by atoms with Crippen LogP contribution in [0.3, 0.4) is 0 Å². The van der Waals surface area contributed by atoms with Crippen molar-refractivity contribution in [1.29, 1.82) is 0 Å². The van der Waals surface area contributed by atoms with Gasteiger partial charge in [-0.3, -0.25) is 0 Å². The molecular formula is C14H14Cl2N2O. The minimum atomic E-state index is 0.295. The van der Waals surface area contributed by atoms with E-state index in [-0.39, 0.29) is 0 Å². The summed E-state index contributed by atoms with van der Waals surface area (Å²) >= 11 is 11.8. The predicted molar refractivity (Wildman–Crippen MR) is 79.9 cm³/mol. The lowest BCUT2D eigenvalue weighted by Gasteiger charge is -2.19. The molecule has 0 aliphatic rings. The molecule has 0 aliphatic carbocycles. The Labute approximate surface area is 122 Å². The van der Waals surface area contributed by atoms with Gasteiger partial charge < -0.3 is 9.64 Å². The Balaban J connectivity index is 2.29. The first-order valence-corrected chi connectivity index (χ1v) is 6.66. The summed E-state index contributed by atoms with van der Waals surface area (Å²) in [6.45, 7) is 0. The van der Waals surface area contributed by atoms with E-state index in [0.29, 0.717) is 16.6 Å². The molecule has 0 saturated carbocycles. The first kappa shape index (κ1) is 14.0. The Hall–Kier alpha value is -1.45. The third kappa shape index (κ3) is 3.11. The van der Waals surface area contributed by atoms with Gasteiger partial charge in [0.15, 0.2) is 0 Å². The fraction of sp³-hybridized carbons (Fsp3) is 0.214. The van der Waals surface area contributed by atoms with E-state index in [4.69, 9.17) is 27.9 Å². The minimum absolute atomic E-state index is 0.295. The van der Waals surface area contributed by atoms with Gasteiger partial charge in [0, 0.05) is 12.7 Å². The molecule has 0 N–H and O–H groups in total. The number of methoxy groups -OCH3 is 1. The van der Waals surface area contributed by atoms with E-state index < -0.39 is 0 Å². The number of anilines is 2. The van der Waals surface area contributed by atoms with E-state index in [1.54, 1.807) is 7.11 Å². The molecule has 0 aliphatic heterocycles. The van der Waals surface area contributed by atoms with Crippen molar-refractivity contribution in [3.63, 3.8) is 0 Å². The van der Waals surface area contributed by atoms with Crippen LogP contribution in [0.4, 0.5) is 11.5 Å². The highest BCUT2D eigenvalue weighted by Gasteiger charge is 2.08. The zero-order chi connectivity index (χ0) is 13.8. The molecule has 0 unspecified atom stereocenters. The Morgan fingerprint density at radius 3 is 2.42 bits per heavy atom. The van der Waals surface area contributed by atoms with Crippen LogP contribution in [0, 0.1) is 0 Å². The number of hydrogen-bond acceptors (Lipinski definition) is 3. The Morgan fingerprint density at radius 2 is 1.84 bits per heavy atom. The van der Waals surface area contributed by atoms with Crippen molar-refractivity contribution < 1.29 is 4.74 Å². The smallest absolute Gasteiger partial charge is 0.133 e. The van der Waals surface area contributed by atoms with Crippen LogP contribution in [0.1, 0.15) is 5.69 Å². The molecular weight excluding hydrogens is 283 g/mol. The number of hydrogen-bond donors (Lipinski definition) is 0. The quantitative estimate of drug-likeness (QED) is 0.789. The first-order valence-electron chi connectivity index (χ1n) is 5.75. The molecule has 0 amide bonds. The van der Waals surface area contributed by atoms with E-state index in [2.05, 4.69) is 4.98 Å². The molecule has 1 heterocycles. The van der Waals surface area contributed by atoms with Gasteiger partial charge in [-0.05, 0) is 36.4 Å². The topological polar surface area (TPSA) is 25.4 Å². The van der Waals surface area contributed by atoms with E-state index in [1.165, 1.54) is 0 Å². The number of nitrogens with zero attached hydrogens (tertiary/aromatic N) is 2. The summed E-state index contributed by atoms with van der Waals surface area (Å²) in [5.41, 5.74) is 1.69. The number of aromatic nitrogens is 1. The standard InChI is InChI=1S/C14H14Cl2N2O/c1-18(10-3-5-11(19-2)6-4-10)14-8-7-12(16)13(9-15)17-14/h3-8H,9H2,1-2H3. The summed E-state index contributed by atoms with van der Waals surface area (Å²) in [5, 5.41) is 0.585. The molecule has 0 saturated heterocycles. The number of halogens is 2. The number of pyridine rings is 1. The molecule has 19 heavy (non-hydrogen) atoms.